The van der Waals surface area contributed by atoms with Crippen LogP contribution in [0.3, 0.4) is 0 Å². The Labute approximate surface area is 66.8 Å². The van der Waals surface area contributed by atoms with E-state index in [2.05, 4.69) is 17.4 Å². The molecule has 0 amide bonds. The molecule has 0 aromatic carbocycles. The minimum absolute atomic E-state index is 0.761. The van der Waals surface area contributed by atoms with Crippen LogP contribution in [0, 0.1) is 0 Å². The summed E-state index contributed by atoms with van der Waals surface area (Å²) in [5.74, 6) is 0.913. The van der Waals surface area contributed by atoms with Crippen molar-refractivity contribution < 1.29 is 4.52 Å². The number of aromatic nitrogens is 1. The van der Waals surface area contributed by atoms with Gasteiger partial charge in [-0.2, -0.15) is 0 Å². The van der Waals surface area contributed by atoms with Gasteiger partial charge in [0.05, 0.1) is 12.2 Å². The highest BCUT2D eigenvalue weighted by atomic mass is 16.5. The molecule has 1 rings (SSSR count). The predicted molar refractivity (Wildman–Crippen MR) is 43.3 cm³/mol. The van der Waals surface area contributed by atoms with Gasteiger partial charge in [-0.1, -0.05) is 18.5 Å². The van der Waals surface area contributed by atoms with E-state index >= 15 is 0 Å². The van der Waals surface area contributed by atoms with Crippen molar-refractivity contribution >= 4 is 0 Å². The quantitative estimate of drug-likeness (QED) is 0.711. The van der Waals surface area contributed by atoms with Gasteiger partial charge >= 0.3 is 0 Å². The average molecular weight is 154 g/mol. The standard InChI is InChI=1S/C8H14N2O/c1-3-4-7-5-8(6-9-2)11-10-7/h5,9H,3-4,6H2,1-2H3. The molecule has 1 aromatic rings. The smallest absolute Gasteiger partial charge is 0.150 e. The van der Waals surface area contributed by atoms with Gasteiger partial charge in [0.1, 0.15) is 0 Å². The third-order valence-corrected chi connectivity index (χ3v) is 1.46. The van der Waals surface area contributed by atoms with E-state index < -0.39 is 0 Å². The second kappa shape index (κ2) is 4.13. The Hall–Kier alpha value is -0.830. The van der Waals surface area contributed by atoms with Crippen molar-refractivity contribution in [1.29, 1.82) is 0 Å². The summed E-state index contributed by atoms with van der Waals surface area (Å²) < 4.78 is 5.05. The molecule has 0 bridgehead atoms. The van der Waals surface area contributed by atoms with Crippen LogP contribution in [-0.2, 0) is 13.0 Å². The molecule has 1 N–H and O–H groups in total. The van der Waals surface area contributed by atoms with Crippen LogP contribution in [0.15, 0.2) is 10.6 Å². The Balaban J connectivity index is 2.51. The minimum atomic E-state index is 0.761. The molecule has 0 fully saturated rings. The first kappa shape index (κ1) is 8.27. The summed E-state index contributed by atoms with van der Waals surface area (Å²) in [4.78, 5) is 0. The lowest BCUT2D eigenvalue weighted by molar-refractivity contribution is 0.371. The maximum Gasteiger partial charge on any atom is 0.150 e. The van der Waals surface area contributed by atoms with E-state index in [1.54, 1.807) is 0 Å². The molecule has 0 saturated heterocycles. The second-order valence-electron chi connectivity index (χ2n) is 2.56. The Bertz CT molecular complexity index is 187. The number of nitrogens with zero attached hydrogens (tertiary/aromatic N) is 1. The first-order chi connectivity index (χ1) is 5.36. The highest BCUT2D eigenvalue weighted by molar-refractivity contribution is 5.04. The first-order valence-electron chi connectivity index (χ1n) is 3.96. The van der Waals surface area contributed by atoms with Crippen molar-refractivity contribution in [3.8, 4) is 0 Å². The van der Waals surface area contributed by atoms with Crippen LogP contribution < -0.4 is 5.32 Å². The van der Waals surface area contributed by atoms with Gasteiger partial charge in [0, 0.05) is 6.07 Å². The largest absolute Gasteiger partial charge is 0.360 e. The molecule has 1 aromatic heterocycles. The number of hydrogen-bond donors (Lipinski definition) is 1. The van der Waals surface area contributed by atoms with Crippen LogP contribution in [0.1, 0.15) is 24.8 Å². The predicted octanol–water partition coefficient (Wildman–Crippen LogP) is 1.35. The molecule has 0 spiro atoms. The molecule has 3 heteroatoms. The lowest BCUT2D eigenvalue weighted by atomic mass is 10.2. The summed E-state index contributed by atoms with van der Waals surface area (Å²) in [5, 5.41) is 6.92. The van der Waals surface area contributed by atoms with E-state index in [0.29, 0.717) is 0 Å². The van der Waals surface area contributed by atoms with Crippen LogP contribution in [-0.4, -0.2) is 12.2 Å². The number of rotatable bonds is 4. The molecule has 0 aliphatic heterocycles. The van der Waals surface area contributed by atoms with Crippen LogP contribution in [0.5, 0.6) is 0 Å². The molecular weight excluding hydrogens is 140 g/mol. The van der Waals surface area contributed by atoms with Crippen molar-refractivity contribution in [2.24, 2.45) is 0 Å². The maximum atomic E-state index is 5.05. The average Bonchev–Trinajstić information content (AvgIpc) is 2.38. The maximum absolute atomic E-state index is 5.05. The molecule has 0 aliphatic rings. The molecule has 3 nitrogen and oxygen atoms in total. The van der Waals surface area contributed by atoms with Gasteiger partial charge in [0.15, 0.2) is 5.76 Å². The second-order valence-corrected chi connectivity index (χ2v) is 2.56. The fourth-order valence-corrected chi connectivity index (χ4v) is 0.987. The van der Waals surface area contributed by atoms with E-state index in [4.69, 9.17) is 4.52 Å². The minimum Gasteiger partial charge on any atom is -0.360 e. The zero-order valence-corrected chi connectivity index (χ0v) is 7.05. The third-order valence-electron chi connectivity index (χ3n) is 1.46. The van der Waals surface area contributed by atoms with Gasteiger partial charge < -0.3 is 9.84 Å². The van der Waals surface area contributed by atoms with Gasteiger partial charge in [-0.3, -0.25) is 0 Å². The van der Waals surface area contributed by atoms with E-state index in [1.807, 2.05) is 13.1 Å². The Morgan fingerprint density at radius 3 is 3.09 bits per heavy atom. The van der Waals surface area contributed by atoms with Crippen LogP contribution in [0.4, 0.5) is 0 Å². The first-order valence-corrected chi connectivity index (χ1v) is 3.96. The monoisotopic (exact) mass is 154 g/mol. The summed E-state index contributed by atoms with van der Waals surface area (Å²) in [6.45, 7) is 2.89. The van der Waals surface area contributed by atoms with Crippen molar-refractivity contribution in [2.45, 2.75) is 26.3 Å². The van der Waals surface area contributed by atoms with Crippen LogP contribution >= 0.6 is 0 Å². The van der Waals surface area contributed by atoms with E-state index in [1.165, 1.54) is 0 Å². The Kier molecular flexibility index (Phi) is 3.11. The fraction of sp³-hybridized carbons (Fsp3) is 0.625. The van der Waals surface area contributed by atoms with Gasteiger partial charge in [-0.15, -0.1) is 0 Å². The van der Waals surface area contributed by atoms with Crippen molar-refractivity contribution in [3.63, 3.8) is 0 Å². The lowest BCUT2D eigenvalue weighted by Gasteiger charge is -1.87. The van der Waals surface area contributed by atoms with E-state index in [0.717, 1.165) is 30.8 Å². The molecule has 11 heavy (non-hydrogen) atoms. The summed E-state index contributed by atoms with van der Waals surface area (Å²) in [6, 6.07) is 2.00. The third kappa shape index (κ3) is 2.35. The zero-order valence-electron chi connectivity index (χ0n) is 7.05. The van der Waals surface area contributed by atoms with Gasteiger partial charge in [-0.05, 0) is 13.5 Å². The topological polar surface area (TPSA) is 38.1 Å². The molecular formula is C8H14N2O. The summed E-state index contributed by atoms with van der Waals surface area (Å²) in [7, 11) is 1.89. The fourth-order valence-electron chi connectivity index (χ4n) is 0.987. The summed E-state index contributed by atoms with van der Waals surface area (Å²) in [6.07, 6.45) is 2.12. The van der Waals surface area contributed by atoms with Gasteiger partial charge in [0.2, 0.25) is 0 Å². The van der Waals surface area contributed by atoms with E-state index in [-0.39, 0.29) is 0 Å². The normalized spacial score (nSPS) is 10.4. The van der Waals surface area contributed by atoms with Crippen molar-refractivity contribution in [1.82, 2.24) is 10.5 Å². The lowest BCUT2D eigenvalue weighted by Crippen LogP contribution is -2.03. The summed E-state index contributed by atoms with van der Waals surface area (Å²) >= 11 is 0. The highest BCUT2D eigenvalue weighted by Gasteiger charge is 2.00. The molecule has 0 unspecified atom stereocenters. The number of aryl methyl sites for hydroxylation is 1. The van der Waals surface area contributed by atoms with Gasteiger partial charge in [0.25, 0.3) is 0 Å². The Morgan fingerprint density at radius 1 is 1.64 bits per heavy atom. The van der Waals surface area contributed by atoms with Gasteiger partial charge in [-0.25, -0.2) is 0 Å². The molecule has 0 radical (unpaired) electrons. The SMILES string of the molecule is CCCc1cc(CNC)on1. The molecule has 62 valence electrons. The van der Waals surface area contributed by atoms with Crippen molar-refractivity contribution in [3.05, 3.63) is 17.5 Å². The zero-order chi connectivity index (χ0) is 8.10. The number of hydrogen-bond acceptors (Lipinski definition) is 3. The molecule has 0 atom stereocenters. The summed E-state index contributed by atoms with van der Waals surface area (Å²) in [5.41, 5.74) is 1.05. The molecule has 0 saturated carbocycles. The van der Waals surface area contributed by atoms with Crippen molar-refractivity contribution in [2.75, 3.05) is 7.05 Å². The number of nitrogens with one attached hydrogen (secondary N) is 1. The Morgan fingerprint density at radius 2 is 2.45 bits per heavy atom. The van der Waals surface area contributed by atoms with Crippen LogP contribution in [0.25, 0.3) is 0 Å². The van der Waals surface area contributed by atoms with E-state index in [9.17, 15) is 0 Å². The molecule has 0 aliphatic carbocycles. The molecule has 1 heterocycles. The van der Waals surface area contributed by atoms with Crippen LogP contribution in [0.2, 0.25) is 0 Å². The highest BCUT2D eigenvalue weighted by Crippen LogP contribution is 2.04.